The Morgan fingerprint density at radius 1 is 1.29 bits per heavy atom. The van der Waals surface area contributed by atoms with Crippen molar-refractivity contribution < 1.29 is 23.9 Å². The van der Waals surface area contributed by atoms with Crippen LogP contribution >= 0.6 is 0 Å². The van der Waals surface area contributed by atoms with Crippen LogP contribution < -0.4 is 16.4 Å². The van der Waals surface area contributed by atoms with E-state index in [4.69, 9.17) is 10.8 Å². The Morgan fingerprint density at radius 2 is 1.90 bits per heavy atom. The van der Waals surface area contributed by atoms with Gasteiger partial charge in [-0.25, -0.2) is 14.0 Å². The van der Waals surface area contributed by atoms with Crippen molar-refractivity contribution in [2.45, 2.75) is 19.9 Å². The summed E-state index contributed by atoms with van der Waals surface area (Å²) in [5.74, 6) is -3.17. The van der Waals surface area contributed by atoms with E-state index < -0.39 is 35.3 Å². The topological polar surface area (TPSA) is 122 Å². The van der Waals surface area contributed by atoms with Crippen LogP contribution in [0.25, 0.3) is 0 Å². The third-order valence-electron chi connectivity index (χ3n) is 2.71. The quantitative estimate of drug-likeness (QED) is 0.651. The number of halogens is 1. The van der Waals surface area contributed by atoms with Crippen LogP contribution in [0, 0.1) is 11.7 Å². The van der Waals surface area contributed by atoms with Crippen molar-refractivity contribution in [3.63, 3.8) is 0 Å². The highest BCUT2D eigenvalue weighted by atomic mass is 19.1. The van der Waals surface area contributed by atoms with Crippen molar-refractivity contribution in [2.75, 3.05) is 5.32 Å². The van der Waals surface area contributed by atoms with Gasteiger partial charge in [-0.3, -0.25) is 4.79 Å². The maximum atomic E-state index is 13.2. The molecule has 0 aliphatic carbocycles. The van der Waals surface area contributed by atoms with Gasteiger partial charge in [0.05, 0.1) is 5.56 Å². The zero-order valence-electron chi connectivity index (χ0n) is 11.5. The van der Waals surface area contributed by atoms with Crippen molar-refractivity contribution in [2.24, 2.45) is 11.7 Å². The summed E-state index contributed by atoms with van der Waals surface area (Å²) in [4.78, 5) is 33.7. The molecule has 21 heavy (non-hydrogen) atoms. The molecule has 1 atom stereocenters. The Labute approximate surface area is 120 Å². The van der Waals surface area contributed by atoms with Crippen LogP contribution in [-0.2, 0) is 4.79 Å². The molecule has 0 aliphatic heterocycles. The van der Waals surface area contributed by atoms with Crippen LogP contribution in [0.3, 0.4) is 0 Å². The fourth-order valence-corrected chi connectivity index (χ4v) is 1.68. The summed E-state index contributed by atoms with van der Waals surface area (Å²) in [6, 6.07) is 1.42. The number of carboxylic acids is 1. The molecule has 8 heteroatoms. The van der Waals surface area contributed by atoms with E-state index in [2.05, 4.69) is 10.6 Å². The highest BCUT2D eigenvalue weighted by Gasteiger charge is 2.23. The van der Waals surface area contributed by atoms with Gasteiger partial charge >= 0.3 is 12.0 Å². The molecule has 1 aromatic rings. The summed E-state index contributed by atoms with van der Waals surface area (Å²) in [5.41, 5.74) is 4.54. The van der Waals surface area contributed by atoms with Crippen molar-refractivity contribution >= 4 is 23.6 Å². The first-order chi connectivity index (χ1) is 9.72. The molecule has 1 rings (SSSR count). The second-order valence-corrected chi connectivity index (χ2v) is 4.72. The molecule has 3 amide bonds. The van der Waals surface area contributed by atoms with Crippen LogP contribution in [0.2, 0.25) is 0 Å². The number of anilines is 1. The van der Waals surface area contributed by atoms with Gasteiger partial charge in [0, 0.05) is 5.69 Å². The number of primary amides is 1. The summed E-state index contributed by atoms with van der Waals surface area (Å²) in [5, 5.41) is 13.5. The minimum atomic E-state index is -1.45. The number of carboxylic acid groups (broad SMARTS) is 1. The van der Waals surface area contributed by atoms with Gasteiger partial charge < -0.3 is 21.5 Å². The molecular weight excluding hydrogens is 281 g/mol. The number of hydrogen-bond acceptors (Lipinski definition) is 3. The SMILES string of the molecule is CC(C)C(NC(N)=O)C(=O)Nc1ccc(F)c(C(=O)O)c1. The molecule has 0 fully saturated rings. The van der Waals surface area contributed by atoms with E-state index in [0.717, 1.165) is 12.1 Å². The van der Waals surface area contributed by atoms with E-state index in [1.807, 2.05) is 0 Å². The highest BCUT2D eigenvalue weighted by Crippen LogP contribution is 2.16. The molecule has 5 N–H and O–H groups in total. The molecule has 114 valence electrons. The number of rotatable bonds is 5. The lowest BCUT2D eigenvalue weighted by Crippen LogP contribution is -2.49. The van der Waals surface area contributed by atoms with Gasteiger partial charge in [0.1, 0.15) is 11.9 Å². The smallest absolute Gasteiger partial charge is 0.338 e. The summed E-state index contributed by atoms with van der Waals surface area (Å²) < 4.78 is 13.2. The molecule has 0 saturated carbocycles. The van der Waals surface area contributed by atoms with E-state index in [1.54, 1.807) is 13.8 Å². The van der Waals surface area contributed by atoms with Crippen molar-refractivity contribution in [3.8, 4) is 0 Å². The summed E-state index contributed by atoms with van der Waals surface area (Å²) in [7, 11) is 0. The second kappa shape index (κ2) is 6.69. The largest absolute Gasteiger partial charge is 0.478 e. The highest BCUT2D eigenvalue weighted by molar-refractivity contribution is 5.98. The fraction of sp³-hybridized carbons (Fsp3) is 0.308. The standard InChI is InChI=1S/C13H16FN3O4/c1-6(2)10(17-13(15)21)11(18)16-7-3-4-9(14)8(5-7)12(19)20/h3-6,10H,1-2H3,(H,16,18)(H,19,20)(H3,15,17,21). The first kappa shape index (κ1) is 16.4. The van der Waals surface area contributed by atoms with E-state index in [0.29, 0.717) is 0 Å². The molecule has 0 aromatic heterocycles. The minimum absolute atomic E-state index is 0.107. The van der Waals surface area contributed by atoms with E-state index in [1.165, 1.54) is 6.07 Å². The number of hydrogen-bond donors (Lipinski definition) is 4. The van der Waals surface area contributed by atoms with Gasteiger partial charge in [-0.15, -0.1) is 0 Å². The number of nitrogens with one attached hydrogen (secondary N) is 2. The molecular formula is C13H16FN3O4. The van der Waals surface area contributed by atoms with E-state index >= 15 is 0 Å². The van der Waals surface area contributed by atoms with E-state index in [-0.39, 0.29) is 11.6 Å². The molecule has 0 heterocycles. The zero-order valence-corrected chi connectivity index (χ0v) is 11.5. The monoisotopic (exact) mass is 297 g/mol. The van der Waals surface area contributed by atoms with Crippen LogP contribution in [0.5, 0.6) is 0 Å². The average Bonchev–Trinajstić information content (AvgIpc) is 2.37. The summed E-state index contributed by atoms with van der Waals surface area (Å²) in [6.07, 6.45) is 0. The van der Waals surface area contributed by atoms with Crippen LogP contribution in [0.15, 0.2) is 18.2 Å². The number of amides is 3. The number of carbonyl (C=O) groups is 3. The van der Waals surface area contributed by atoms with Crippen molar-refractivity contribution in [1.82, 2.24) is 5.32 Å². The maximum Gasteiger partial charge on any atom is 0.338 e. The Balaban J connectivity index is 2.93. The molecule has 7 nitrogen and oxygen atoms in total. The Bertz CT molecular complexity index is 575. The molecule has 0 spiro atoms. The summed E-state index contributed by atoms with van der Waals surface area (Å²) >= 11 is 0. The van der Waals surface area contributed by atoms with Crippen LogP contribution in [-0.4, -0.2) is 29.1 Å². The van der Waals surface area contributed by atoms with Gasteiger partial charge in [-0.05, 0) is 24.1 Å². The van der Waals surface area contributed by atoms with Crippen LogP contribution in [0.4, 0.5) is 14.9 Å². The molecule has 1 aromatic carbocycles. The van der Waals surface area contributed by atoms with Crippen LogP contribution in [0.1, 0.15) is 24.2 Å². The number of benzene rings is 1. The Kier molecular flexibility index (Phi) is 5.23. The predicted octanol–water partition coefficient (Wildman–Crippen LogP) is 1.16. The lowest BCUT2D eigenvalue weighted by Gasteiger charge is -2.20. The Morgan fingerprint density at radius 3 is 2.38 bits per heavy atom. The number of aromatic carboxylic acids is 1. The number of nitrogens with two attached hydrogens (primary N) is 1. The van der Waals surface area contributed by atoms with Crippen molar-refractivity contribution in [3.05, 3.63) is 29.6 Å². The summed E-state index contributed by atoms with van der Waals surface area (Å²) in [6.45, 7) is 3.40. The molecule has 1 unspecified atom stereocenters. The number of carbonyl (C=O) groups excluding carboxylic acids is 2. The van der Waals surface area contributed by atoms with Gasteiger partial charge in [0.25, 0.3) is 0 Å². The minimum Gasteiger partial charge on any atom is -0.478 e. The Hall–Kier alpha value is -2.64. The zero-order chi connectivity index (χ0) is 16.2. The van der Waals surface area contributed by atoms with E-state index in [9.17, 15) is 18.8 Å². The maximum absolute atomic E-state index is 13.2. The first-order valence-electron chi connectivity index (χ1n) is 6.12. The third kappa shape index (κ3) is 4.44. The van der Waals surface area contributed by atoms with Gasteiger partial charge in [-0.2, -0.15) is 0 Å². The first-order valence-corrected chi connectivity index (χ1v) is 6.12. The van der Waals surface area contributed by atoms with Gasteiger partial charge in [0.2, 0.25) is 5.91 Å². The predicted molar refractivity (Wildman–Crippen MR) is 73.3 cm³/mol. The average molecular weight is 297 g/mol. The lowest BCUT2D eigenvalue weighted by molar-refractivity contribution is -0.118. The molecule has 0 bridgehead atoms. The molecule has 0 saturated heterocycles. The van der Waals surface area contributed by atoms with Gasteiger partial charge in [-0.1, -0.05) is 13.8 Å². The molecule has 0 aliphatic rings. The van der Waals surface area contributed by atoms with Gasteiger partial charge in [0.15, 0.2) is 0 Å². The van der Waals surface area contributed by atoms with Crippen molar-refractivity contribution in [1.29, 1.82) is 0 Å². The number of urea groups is 1. The third-order valence-corrected chi connectivity index (χ3v) is 2.71. The fourth-order valence-electron chi connectivity index (χ4n) is 1.68. The molecule has 0 radical (unpaired) electrons. The second-order valence-electron chi connectivity index (χ2n) is 4.72. The normalized spacial score (nSPS) is 11.8. The lowest BCUT2D eigenvalue weighted by atomic mass is 10.0.